The van der Waals surface area contributed by atoms with Crippen LogP contribution in [0.25, 0.3) is 0 Å². The van der Waals surface area contributed by atoms with Gasteiger partial charge in [-0.2, -0.15) is 0 Å². The third-order valence-electron chi connectivity index (χ3n) is 2.98. The fraction of sp³-hybridized carbons (Fsp3) is 0.588. The molecule has 0 spiro atoms. The van der Waals surface area contributed by atoms with Crippen LogP contribution in [0.15, 0.2) is 24.3 Å². The van der Waals surface area contributed by atoms with E-state index in [1.807, 2.05) is 38.1 Å². The van der Waals surface area contributed by atoms with Crippen LogP contribution in [-0.4, -0.2) is 18.1 Å². The SMILES string of the molecule is CC(C)(C)CC(C)(C)NC(=O)COc1ccc(CN)cc1. The Morgan fingerprint density at radius 2 is 1.71 bits per heavy atom. The predicted molar refractivity (Wildman–Crippen MR) is 86.1 cm³/mol. The minimum Gasteiger partial charge on any atom is -0.484 e. The number of hydrogen-bond acceptors (Lipinski definition) is 3. The summed E-state index contributed by atoms with van der Waals surface area (Å²) in [5, 5.41) is 3.02. The first-order valence-electron chi connectivity index (χ1n) is 7.34. The summed E-state index contributed by atoms with van der Waals surface area (Å²) in [7, 11) is 0. The van der Waals surface area contributed by atoms with E-state index in [4.69, 9.17) is 10.5 Å². The molecule has 0 atom stereocenters. The van der Waals surface area contributed by atoms with Gasteiger partial charge in [-0.3, -0.25) is 4.79 Å². The van der Waals surface area contributed by atoms with Crippen LogP contribution in [0.3, 0.4) is 0 Å². The van der Waals surface area contributed by atoms with Crippen LogP contribution >= 0.6 is 0 Å². The number of nitrogens with one attached hydrogen (secondary N) is 1. The van der Waals surface area contributed by atoms with E-state index in [-0.39, 0.29) is 23.5 Å². The molecule has 0 aliphatic heterocycles. The van der Waals surface area contributed by atoms with Crippen molar-refractivity contribution >= 4 is 5.91 Å². The molecule has 1 aromatic carbocycles. The van der Waals surface area contributed by atoms with Gasteiger partial charge in [0.2, 0.25) is 0 Å². The zero-order chi connectivity index (χ0) is 16.1. The molecule has 21 heavy (non-hydrogen) atoms. The van der Waals surface area contributed by atoms with Crippen LogP contribution in [0.4, 0.5) is 0 Å². The van der Waals surface area contributed by atoms with Gasteiger partial charge in [-0.25, -0.2) is 0 Å². The van der Waals surface area contributed by atoms with Gasteiger partial charge in [0, 0.05) is 12.1 Å². The van der Waals surface area contributed by atoms with E-state index in [1.165, 1.54) is 0 Å². The van der Waals surface area contributed by atoms with Crippen LogP contribution < -0.4 is 15.8 Å². The summed E-state index contributed by atoms with van der Waals surface area (Å²) in [6.07, 6.45) is 0.900. The van der Waals surface area contributed by atoms with E-state index in [9.17, 15) is 4.79 Å². The summed E-state index contributed by atoms with van der Waals surface area (Å²) in [4.78, 5) is 12.0. The highest BCUT2D eigenvalue weighted by molar-refractivity contribution is 5.78. The highest BCUT2D eigenvalue weighted by Crippen LogP contribution is 2.26. The summed E-state index contributed by atoms with van der Waals surface area (Å²) in [6.45, 7) is 11.1. The normalized spacial score (nSPS) is 12.1. The molecule has 0 bridgehead atoms. The second-order valence-corrected chi connectivity index (χ2v) is 7.31. The van der Waals surface area contributed by atoms with Gasteiger partial charge in [-0.1, -0.05) is 32.9 Å². The van der Waals surface area contributed by atoms with Gasteiger partial charge in [0.15, 0.2) is 6.61 Å². The van der Waals surface area contributed by atoms with Crippen molar-refractivity contribution < 1.29 is 9.53 Å². The summed E-state index contributed by atoms with van der Waals surface area (Å²) in [6, 6.07) is 7.46. The first-order valence-corrected chi connectivity index (χ1v) is 7.34. The summed E-state index contributed by atoms with van der Waals surface area (Å²) in [5.41, 5.74) is 6.49. The molecule has 4 nitrogen and oxygen atoms in total. The number of benzene rings is 1. The largest absolute Gasteiger partial charge is 0.484 e. The molecule has 3 N–H and O–H groups in total. The van der Waals surface area contributed by atoms with Crippen molar-refractivity contribution in [1.29, 1.82) is 0 Å². The molecule has 0 heterocycles. The van der Waals surface area contributed by atoms with Gasteiger partial charge < -0.3 is 15.8 Å². The van der Waals surface area contributed by atoms with Crippen molar-refractivity contribution in [2.24, 2.45) is 11.1 Å². The number of nitrogens with two attached hydrogens (primary N) is 1. The van der Waals surface area contributed by atoms with Crippen molar-refractivity contribution in [2.45, 2.75) is 53.1 Å². The first kappa shape index (κ1) is 17.5. The number of rotatable bonds is 6. The lowest BCUT2D eigenvalue weighted by molar-refractivity contribution is -0.125. The molecule has 0 unspecified atom stereocenters. The van der Waals surface area contributed by atoms with Crippen molar-refractivity contribution in [3.63, 3.8) is 0 Å². The topological polar surface area (TPSA) is 64.3 Å². The van der Waals surface area contributed by atoms with E-state index < -0.39 is 0 Å². The van der Waals surface area contributed by atoms with Gasteiger partial charge in [0.25, 0.3) is 5.91 Å². The lowest BCUT2D eigenvalue weighted by atomic mass is 9.82. The van der Waals surface area contributed by atoms with Crippen LogP contribution in [0.5, 0.6) is 5.75 Å². The Balaban J connectivity index is 2.46. The molecule has 1 aromatic rings. The van der Waals surface area contributed by atoms with Gasteiger partial charge in [-0.15, -0.1) is 0 Å². The number of amides is 1. The summed E-state index contributed by atoms with van der Waals surface area (Å²) >= 11 is 0. The fourth-order valence-electron chi connectivity index (χ4n) is 2.65. The Hall–Kier alpha value is -1.55. The molecule has 118 valence electrons. The fourth-order valence-corrected chi connectivity index (χ4v) is 2.65. The lowest BCUT2D eigenvalue weighted by Crippen LogP contribution is -2.47. The number of carbonyl (C=O) groups excluding carboxylic acids is 1. The molecule has 0 aliphatic carbocycles. The van der Waals surface area contributed by atoms with E-state index in [2.05, 4.69) is 26.1 Å². The first-order chi connectivity index (χ1) is 9.61. The molecule has 0 aliphatic rings. The maximum atomic E-state index is 12.0. The van der Waals surface area contributed by atoms with Crippen molar-refractivity contribution in [3.8, 4) is 5.75 Å². The van der Waals surface area contributed by atoms with Crippen molar-refractivity contribution in [2.75, 3.05) is 6.61 Å². The number of carbonyl (C=O) groups is 1. The molecule has 0 fully saturated rings. The lowest BCUT2D eigenvalue weighted by Gasteiger charge is -2.33. The van der Waals surface area contributed by atoms with E-state index in [1.54, 1.807) is 0 Å². The second-order valence-electron chi connectivity index (χ2n) is 7.31. The van der Waals surface area contributed by atoms with Gasteiger partial charge >= 0.3 is 0 Å². The average molecular weight is 292 g/mol. The average Bonchev–Trinajstić information content (AvgIpc) is 2.33. The Morgan fingerprint density at radius 1 is 1.14 bits per heavy atom. The molecule has 0 saturated heterocycles. The Kier molecular flexibility index (Phi) is 5.78. The molecular formula is C17H28N2O2. The van der Waals surface area contributed by atoms with Crippen LogP contribution in [0.1, 0.15) is 46.6 Å². The quantitative estimate of drug-likeness (QED) is 0.847. The number of hydrogen-bond donors (Lipinski definition) is 2. The third-order valence-corrected chi connectivity index (χ3v) is 2.98. The smallest absolute Gasteiger partial charge is 0.258 e. The summed E-state index contributed by atoms with van der Waals surface area (Å²) in [5.74, 6) is 0.572. The van der Waals surface area contributed by atoms with E-state index in [0.29, 0.717) is 12.3 Å². The van der Waals surface area contributed by atoms with Crippen LogP contribution in [0, 0.1) is 5.41 Å². The highest BCUT2D eigenvalue weighted by Gasteiger charge is 2.26. The molecule has 0 saturated carbocycles. The van der Waals surface area contributed by atoms with E-state index >= 15 is 0 Å². The third kappa shape index (κ3) is 7.14. The molecule has 1 amide bonds. The Bertz CT molecular complexity index is 459. The zero-order valence-corrected chi connectivity index (χ0v) is 13.8. The van der Waals surface area contributed by atoms with E-state index in [0.717, 1.165) is 12.0 Å². The van der Waals surface area contributed by atoms with Crippen molar-refractivity contribution in [1.82, 2.24) is 5.32 Å². The summed E-state index contributed by atoms with van der Waals surface area (Å²) < 4.78 is 5.49. The minimum absolute atomic E-state index is 0.0234. The Morgan fingerprint density at radius 3 is 2.19 bits per heavy atom. The van der Waals surface area contributed by atoms with Crippen LogP contribution in [0.2, 0.25) is 0 Å². The molecule has 0 radical (unpaired) electrons. The zero-order valence-electron chi connectivity index (χ0n) is 13.8. The predicted octanol–water partition coefficient (Wildman–Crippen LogP) is 2.86. The monoisotopic (exact) mass is 292 g/mol. The minimum atomic E-state index is -0.248. The van der Waals surface area contributed by atoms with Gasteiger partial charge in [0.1, 0.15) is 5.75 Å². The second kappa shape index (κ2) is 6.94. The maximum absolute atomic E-state index is 12.0. The molecule has 4 heteroatoms. The highest BCUT2D eigenvalue weighted by atomic mass is 16.5. The molecule has 0 aromatic heterocycles. The van der Waals surface area contributed by atoms with Gasteiger partial charge in [0.05, 0.1) is 0 Å². The van der Waals surface area contributed by atoms with Gasteiger partial charge in [-0.05, 0) is 43.4 Å². The maximum Gasteiger partial charge on any atom is 0.258 e. The number of ether oxygens (including phenoxy) is 1. The molecule has 1 rings (SSSR count). The van der Waals surface area contributed by atoms with Crippen molar-refractivity contribution in [3.05, 3.63) is 29.8 Å². The Labute approximate surface area is 128 Å². The molecular weight excluding hydrogens is 264 g/mol. The van der Waals surface area contributed by atoms with Crippen LogP contribution in [-0.2, 0) is 11.3 Å². The standard InChI is InChI=1S/C17H28N2O2/c1-16(2,3)12-17(4,5)19-15(20)11-21-14-8-6-13(10-18)7-9-14/h6-9H,10-12,18H2,1-5H3,(H,19,20).